The molecule has 1 spiro atoms. The second-order valence-electron chi connectivity index (χ2n) is 4.28. The van der Waals surface area contributed by atoms with Crippen molar-refractivity contribution in [2.45, 2.75) is 32.1 Å². The molecule has 0 amide bonds. The van der Waals surface area contributed by atoms with Crippen molar-refractivity contribution < 1.29 is 14.3 Å². The maximum atomic E-state index is 11.5. The third-order valence-corrected chi connectivity index (χ3v) is 3.47. The van der Waals surface area contributed by atoms with Gasteiger partial charge in [0.15, 0.2) is 0 Å². The molecule has 0 aromatic rings. The summed E-state index contributed by atoms with van der Waals surface area (Å²) in [6.45, 7) is 0. The van der Waals surface area contributed by atoms with Gasteiger partial charge in [-0.3, -0.25) is 9.59 Å². The van der Waals surface area contributed by atoms with Gasteiger partial charge in [-0.25, -0.2) is 0 Å². The summed E-state index contributed by atoms with van der Waals surface area (Å²) in [5.41, 5.74) is 0.190. The van der Waals surface area contributed by atoms with E-state index in [1.807, 2.05) is 0 Å². The Morgan fingerprint density at radius 3 is 2.62 bits per heavy atom. The van der Waals surface area contributed by atoms with Crippen LogP contribution in [0.5, 0.6) is 0 Å². The Hall–Kier alpha value is -0.860. The number of carbonyl (C=O) groups is 2. The van der Waals surface area contributed by atoms with Crippen molar-refractivity contribution in [3.05, 3.63) is 0 Å². The number of hydrogen-bond acceptors (Lipinski definition) is 3. The topological polar surface area (TPSA) is 43.4 Å². The molecular weight excluding hydrogens is 168 g/mol. The van der Waals surface area contributed by atoms with Gasteiger partial charge in [-0.1, -0.05) is 6.42 Å². The summed E-state index contributed by atoms with van der Waals surface area (Å²) in [6, 6.07) is 0. The van der Waals surface area contributed by atoms with Gasteiger partial charge >= 0.3 is 5.97 Å². The van der Waals surface area contributed by atoms with Crippen molar-refractivity contribution in [2.75, 3.05) is 7.11 Å². The number of rotatable bonds is 1. The monoisotopic (exact) mass is 182 g/mol. The van der Waals surface area contributed by atoms with Gasteiger partial charge in [0, 0.05) is 6.42 Å². The first kappa shape index (κ1) is 8.73. The van der Waals surface area contributed by atoms with Crippen molar-refractivity contribution in [2.24, 2.45) is 11.3 Å². The molecule has 0 heterocycles. The number of hydrogen-bond donors (Lipinski definition) is 0. The number of carbonyl (C=O) groups excluding carboxylic acids is 2. The number of ketones is 1. The summed E-state index contributed by atoms with van der Waals surface area (Å²) >= 11 is 0. The van der Waals surface area contributed by atoms with Gasteiger partial charge in [-0.15, -0.1) is 0 Å². The lowest BCUT2D eigenvalue weighted by Gasteiger charge is -2.37. The summed E-state index contributed by atoms with van der Waals surface area (Å²) in [5.74, 6) is -0.703. The van der Waals surface area contributed by atoms with Crippen LogP contribution in [0.1, 0.15) is 32.1 Å². The fraction of sp³-hybridized carbons (Fsp3) is 0.800. The van der Waals surface area contributed by atoms with Crippen molar-refractivity contribution in [1.82, 2.24) is 0 Å². The van der Waals surface area contributed by atoms with Gasteiger partial charge in [0.2, 0.25) is 0 Å². The molecule has 3 heteroatoms. The predicted octanol–water partition coefficient (Wildman–Crippen LogP) is 1.31. The molecule has 0 N–H and O–H groups in total. The Labute approximate surface area is 77.4 Å². The normalized spacial score (nSPS) is 30.2. The van der Waals surface area contributed by atoms with E-state index >= 15 is 0 Å². The highest BCUT2D eigenvalue weighted by Crippen LogP contribution is 2.53. The first-order chi connectivity index (χ1) is 6.17. The molecule has 0 radical (unpaired) electrons. The van der Waals surface area contributed by atoms with Gasteiger partial charge in [-0.05, 0) is 24.7 Å². The van der Waals surface area contributed by atoms with Crippen molar-refractivity contribution >= 4 is 11.8 Å². The van der Waals surface area contributed by atoms with E-state index in [0.717, 1.165) is 19.3 Å². The van der Waals surface area contributed by atoms with Crippen molar-refractivity contribution in [3.8, 4) is 0 Å². The van der Waals surface area contributed by atoms with Crippen LogP contribution < -0.4 is 0 Å². The first-order valence-corrected chi connectivity index (χ1v) is 4.77. The zero-order valence-corrected chi connectivity index (χ0v) is 7.84. The lowest BCUT2D eigenvalue weighted by Crippen LogP contribution is -2.27. The molecule has 2 aliphatic rings. The molecule has 2 aliphatic carbocycles. The third-order valence-electron chi connectivity index (χ3n) is 3.47. The fourth-order valence-electron chi connectivity index (χ4n) is 2.53. The highest BCUT2D eigenvalue weighted by Gasteiger charge is 2.50. The van der Waals surface area contributed by atoms with Gasteiger partial charge in [0.1, 0.15) is 11.7 Å². The molecule has 0 aliphatic heterocycles. The maximum Gasteiger partial charge on any atom is 0.316 e. The molecule has 0 saturated heterocycles. The SMILES string of the molecule is COC(=O)C1CC2(CCC2)CC1=O. The average Bonchev–Trinajstić information content (AvgIpc) is 2.41. The first-order valence-electron chi connectivity index (χ1n) is 4.77. The van der Waals surface area contributed by atoms with Crippen LogP contribution >= 0.6 is 0 Å². The molecule has 72 valence electrons. The smallest absolute Gasteiger partial charge is 0.316 e. The summed E-state index contributed by atoms with van der Waals surface area (Å²) in [5, 5.41) is 0. The zero-order valence-electron chi connectivity index (χ0n) is 7.84. The van der Waals surface area contributed by atoms with Crippen LogP contribution in [-0.2, 0) is 14.3 Å². The summed E-state index contributed by atoms with van der Waals surface area (Å²) in [6.07, 6.45) is 4.78. The summed E-state index contributed by atoms with van der Waals surface area (Å²) in [4.78, 5) is 22.7. The van der Waals surface area contributed by atoms with Gasteiger partial charge < -0.3 is 4.74 Å². The average molecular weight is 182 g/mol. The van der Waals surface area contributed by atoms with Gasteiger partial charge in [0.05, 0.1) is 7.11 Å². The van der Waals surface area contributed by atoms with Crippen LogP contribution in [0.25, 0.3) is 0 Å². The minimum Gasteiger partial charge on any atom is -0.468 e. The van der Waals surface area contributed by atoms with Crippen molar-refractivity contribution in [1.29, 1.82) is 0 Å². The van der Waals surface area contributed by atoms with E-state index in [2.05, 4.69) is 4.74 Å². The Kier molecular flexibility index (Phi) is 1.90. The van der Waals surface area contributed by atoms with E-state index in [9.17, 15) is 9.59 Å². The molecule has 1 unspecified atom stereocenters. The Morgan fingerprint density at radius 2 is 2.23 bits per heavy atom. The minimum absolute atomic E-state index is 0.0894. The molecule has 1 atom stereocenters. The van der Waals surface area contributed by atoms with Crippen LogP contribution in [0.2, 0.25) is 0 Å². The highest BCUT2D eigenvalue weighted by molar-refractivity contribution is 6.01. The summed E-state index contributed by atoms with van der Waals surface area (Å²) in [7, 11) is 1.35. The summed E-state index contributed by atoms with van der Waals surface area (Å²) < 4.78 is 4.61. The van der Waals surface area contributed by atoms with E-state index in [1.54, 1.807) is 0 Å². The lowest BCUT2D eigenvalue weighted by molar-refractivity contribution is -0.148. The second kappa shape index (κ2) is 2.82. The van der Waals surface area contributed by atoms with E-state index in [0.29, 0.717) is 6.42 Å². The molecule has 0 aromatic carbocycles. The Bertz CT molecular complexity index is 253. The predicted molar refractivity (Wildman–Crippen MR) is 46.0 cm³/mol. The van der Waals surface area contributed by atoms with E-state index in [1.165, 1.54) is 13.5 Å². The Balaban J connectivity index is 2.07. The minimum atomic E-state index is -0.453. The molecule has 13 heavy (non-hydrogen) atoms. The fourth-order valence-corrected chi connectivity index (χ4v) is 2.53. The molecule has 2 fully saturated rings. The molecule has 2 rings (SSSR count). The third kappa shape index (κ3) is 1.26. The van der Waals surface area contributed by atoms with Crippen LogP contribution in [0, 0.1) is 11.3 Å². The Morgan fingerprint density at radius 1 is 1.54 bits per heavy atom. The molecule has 2 saturated carbocycles. The number of esters is 1. The maximum absolute atomic E-state index is 11.5. The number of ether oxygens (including phenoxy) is 1. The van der Waals surface area contributed by atoms with Gasteiger partial charge in [-0.2, -0.15) is 0 Å². The largest absolute Gasteiger partial charge is 0.468 e. The van der Waals surface area contributed by atoms with Crippen LogP contribution in [-0.4, -0.2) is 18.9 Å². The lowest BCUT2D eigenvalue weighted by atomic mass is 9.67. The molecule has 0 aromatic heterocycles. The van der Waals surface area contributed by atoms with Crippen molar-refractivity contribution in [3.63, 3.8) is 0 Å². The van der Waals surface area contributed by atoms with Crippen LogP contribution in [0.4, 0.5) is 0 Å². The zero-order chi connectivity index (χ0) is 9.47. The van der Waals surface area contributed by atoms with Crippen LogP contribution in [0.3, 0.4) is 0 Å². The second-order valence-corrected chi connectivity index (χ2v) is 4.28. The standard InChI is InChI=1S/C10H14O3/c1-13-9(12)7-5-10(3-2-4-10)6-8(7)11/h7H,2-6H2,1H3. The number of Topliss-reactive ketones (excluding diaryl/α,β-unsaturated/α-hetero) is 1. The quantitative estimate of drug-likeness (QED) is 0.453. The molecule has 0 bridgehead atoms. The van der Waals surface area contributed by atoms with Gasteiger partial charge in [0.25, 0.3) is 0 Å². The van der Waals surface area contributed by atoms with E-state index < -0.39 is 5.92 Å². The van der Waals surface area contributed by atoms with E-state index in [-0.39, 0.29) is 17.2 Å². The van der Waals surface area contributed by atoms with E-state index in [4.69, 9.17) is 0 Å². The molecular formula is C10H14O3. The highest BCUT2D eigenvalue weighted by atomic mass is 16.5. The molecule has 3 nitrogen and oxygen atoms in total. The van der Waals surface area contributed by atoms with Crippen LogP contribution in [0.15, 0.2) is 0 Å². The number of methoxy groups -OCH3 is 1.